The molecule has 0 bridgehead atoms. The standard InChI is InChI=1S/C32H65NO2/c1-4-6-8-10-12-14-16-17-19-20-22-24-26-28-31(34)30(3)33-32(35)29-27-25-23-21-18-15-13-11-9-7-5-2/h30-31,34H,4-29H2,1-3H3,(H,33,35). The number of amides is 1. The van der Waals surface area contributed by atoms with Crippen LogP contribution in [0.4, 0.5) is 0 Å². The molecule has 2 N–H and O–H groups in total. The van der Waals surface area contributed by atoms with Gasteiger partial charge in [0.2, 0.25) is 5.91 Å². The second-order valence-corrected chi connectivity index (χ2v) is 11.2. The lowest BCUT2D eigenvalue weighted by Crippen LogP contribution is -2.41. The lowest BCUT2D eigenvalue weighted by molar-refractivity contribution is -0.122. The zero-order valence-electron chi connectivity index (χ0n) is 24.4. The molecule has 3 nitrogen and oxygen atoms in total. The van der Waals surface area contributed by atoms with Gasteiger partial charge < -0.3 is 10.4 Å². The molecule has 0 heterocycles. The van der Waals surface area contributed by atoms with E-state index in [2.05, 4.69) is 19.2 Å². The average molecular weight is 496 g/mol. The van der Waals surface area contributed by atoms with Gasteiger partial charge in [0.1, 0.15) is 0 Å². The zero-order chi connectivity index (χ0) is 25.8. The molecule has 0 radical (unpaired) electrons. The van der Waals surface area contributed by atoms with Crippen LogP contribution in [0.15, 0.2) is 0 Å². The second-order valence-electron chi connectivity index (χ2n) is 11.2. The van der Waals surface area contributed by atoms with Gasteiger partial charge >= 0.3 is 0 Å². The van der Waals surface area contributed by atoms with Crippen LogP contribution in [0.3, 0.4) is 0 Å². The van der Waals surface area contributed by atoms with Crippen LogP contribution in [0.1, 0.15) is 188 Å². The maximum atomic E-state index is 12.2. The van der Waals surface area contributed by atoms with Crippen molar-refractivity contribution >= 4 is 5.91 Å². The third-order valence-electron chi connectivity index (χ3n) is 7.58. The fourth-order valence-electron chi connectivity index (χ4n) is 4.99. The lowest BCUT2D eigenvalue weighted by Gasteiger charge is -2.20. The highest BCUT2D eigenvalue weighted by atomic mass is 16.3. The van der Waals surface area contributed by atoms with E-state index >= 15 is 0 Å². The molecule has 0 fully saturated rings. The molecule has 2 atom stereocenters. The molecule has 3 heteroatoms. The van der Waals surface area contributed by atoms with Gasteiger partial charge in [0.15, 0.2) is 0 Å². The molecule has 35 heavy (non-hydrogen) atoms. The summed E-state index contributed by atoms with van der Waals surface area (Å²) in [4.78, 5) is 12.2. The van der Waals surface area contributed by atoms with E-state index in [9.17, 15) is 9.90 Å². The minimum absolute atomic E-state index is 0.109. The largest absolute Gasteiger partial charge is 0.391 e. The smallest absolute Gasteiger partial charge is 0.220 e. The number of unbranched alkanes of at least 4 members (excludes halogenated alkanes) is 22. The van der Waals surface area contributed by atoms with Crippen LogP contribution in [0.5, 0.6) is 0 Å². The van der Waals surface area contributed by atoms with Gasteiger partial charge in [-0.1, -0.05) is 162 Å². The Labute approximate surface area is 221 Å². The molecule has 210 valence electrons. The van der Waals surface area contributed by atoms with Crippen molar-refractivity contribution in [2.24, 2.45) is 0 Å². The first kappa shape index (κ1) is 34.4. The van der Waals surface area contributed by atoms with Crippen molar-refractivity contribution in [2.75, 3.05) is 0 Å². The van der Waals surface area contributed by atoms with Crippen molar-refractivity contribution < 1.29 is 9.90 Å². The molecule has 0 aromatic heterocycles. The number of hydrogen-bond donors (Lipinski definition) is 2. The summed E-state index contributed by atoms with van der Waals surface area (Å²) in [5.41, 5.74) is 0. The molecular weight excluding hydrogens is 430 g/mol. The van der Waals surface area contributed by atoms with Crippen LogP contribution >= 0.6 is 0 Å². The van der Waals surface area contributed by atoms with Crippen molar-refractivity contribution in [2.45, 2.75) is 200 Å². The Morgan fingerprint density at radius 3 is 1.23 bits per heavy atom. The van der Waals surface area contributed by atoms with E-state index in [1.807, 2.05) is 6.92 Å². The number of carbonyl (C=O) groups is 1. The van der Waals surface area contributed by atoms with E-state index < -0.39 is 6.10 Å². The van der Waals surface area contributed by atoms with Gasteiger partial charge in [0.25, 0.3) is 0 Å². The topological polar surface area (TPSA) is 49.3 Å². The van der Waals surface area contributed by atoms with Crippen LogP contribution in [-0.4, -0.2) is 23.2 Å². The summed E-state index contributed by atoms with van der Waals surface area (Å²) in [5.74, 6) is 0.109. The predicted molar refractivity (Wildman–Crippen MR) is 155 cm³/mol. The first-order chi connectivity index (χ1) is 17.1. The molecular formula is C32H65NO2. The molecule has 0 saturated carbocycles. The van der Waals surface area contributed by atoms with Crippen molar-refractivity contribution in [1.29, 1.82) is 0 Å². The Bertz CT molecular complexity index is 426. The third kappa shape index (κ3) is 26.3. The Balaban J connectivity index is 3.43. The maximum Gasteiger partial charge on any atom is 0.220 e. The fraction of sp³-hybridized carbons (Fsp3) is 0.969. The van der Waals surface area contributed by atoms with E-state index in [-0.39, 0.29) is 11.9 Å². The molecule has 2 unspecified atom stereocenters. The van der Waals surface area contributed by atoms with Gasteiger partial charge in [-0.3, -0.25) is 4.79 Å². The Kier molecular flexibility index (Phi) is 27.6. The number of aliphatic hydroxyl groups is 1. The summed E-state index contributed by atoms with van der Waals surface area (Å²) in [6.07, 6.45) is 32.8. The number of nitrogens with one attached hydrogen (secondary N) is 1. The van der Waals surface area contributed by atoms with Gasteiger partial charge in [-0.05, 0) is 19.8 Å². The van der Waals surface area contributed by atoms with E-state index in [0.717, 1.165) is 25.7 Å². The Morgan fingerprint density at radius 1 is 0.543 bits per heavy atom. The molecule has 0 saturated heterocycles. The van der Waals surface area contributed by atoms with Gasteiger partial charge in [-0.25, -0.2) is 0 Å². The quantitative estimate of drug-likeness (QED) is 0.106. The first-order valence-electron chi connectivity index (χ1n) is 16.1. The normalized spacial score (nSPS) is 13.1. The summed E-state index contributed by atoms with van der Waals surface area (Å²) in [7, 11) is 0. The van der Waals surface area contributed by atoms with Crippen LogP contribution in [0.25, 0.3) is 0 Å². The number of aliphatic hydroxyl groups excluding tert-OH is 1. The van der Waals surface area contributed by atoms with Gasteiger partial charge in [0, 0.05) is 6.42 Å². The van der Waals surface area contributed by atoms with Crippen LogP contribution in [0, 0.1) is 0 Å². The molecule has 1 amide bonds. The van der Waals surface area contributed by atoms with Crippen molar-refractivity contribution in [3.8, 4) is 0 Å². The van der Waals surface area contributed by atoms with E-state index in [1.165, 1.54) is 135 Å². The van der Waals surface area contributed by atoms with E-state index in [4.69, 9.17) is 0 Å². The van der Waals surface area contributed by atoms with Crippen molar-refractivity contribution in [3.05, 3.63) is 0 Å². The summed E-state index contributed by atoms with van der Waals surface area (Å²) >= 11 is 0. The SMILES string of the molecule is CCCCCCCCCCCCCCCC(O)C(C)NC(=O)CCCCCCCCCCCCC. The van der Waals surface area contributed by atoms with Crippen LogP contribution < -0.4 is 5.32 Å². The highest BCUT2D eigenvalue weighted by molar-refractivity contribution is 5.76. The Morgan fingerprint density at radius 2 is 0.857 bits per heavy atom. The zero-order valence-corrected chi connectivity index (χ0v) is 24.4. The monoisotopic (exact) mass is 496 g/mol. The first-order valence-corrected chi connectivity index (χ1v) is 16.1. The third-order valence-corrected chi connectivity index (χ3v) is 7.58. The maximum absolute atomic E-state index is 12.2. The minimum atomic E-state index is -0.413. The van der Waals surface area contributed by atoms with E-state index in [0.29, 0.717) is 6.42 Å². The highest BCUT2D eigenvalue weighted by Crippen LogP contribution is 2.15. The summed E-state index contributed by atoms with van der Waals surface area (Å²) in [6, 6.07) is -0.132. The molecule has 0 aliphatic heterocycles. The number of rotatable bonds is 28. The molecule has 0 aliphatic rings. The predicted octanol–water partition coefficient (Wildman–Crippen LogP) is 10.0. The van der Waals surface area contributed by atoms with Crippen molar-refractivity contribution in [1.82, 2.24) is 5.32 Å². The molecule has 0 aliphatic carbocycles. The van der Waals surface area contributed by atoms with Crippen LogP contribution in [0.2, 0.25) is 0 Å². The van der Waals surface area contributed by atoms with Gasteiger partial charge in [-0.2, -0.15) is 0 Å². The molecule has 0 spiro atoms. The lowest BCUT2D eigenvalue weighted by atomic mass is 10.0. The molecule has 0 rings (SSSR count). The van der Waals surface area contributed by atoms with Crippen LogP contribution in [-0.2, 0) is 4.79 Å². The van der Waals surface area contributed by atoms with Crippen molar-refractivity contribution in [3.63, 3.8) is 0 Å². The highest BCUT2D eigenvalue weighted by Gasteiger charge is 2.15. The van der Waals surface area contributed by atoms with E-state index in [1.54, 1.807) is 0 Å². The summed E-state index contributed by atoms with van der Waals surface area (Å²) in [6.45, 7) is 6.50. The number of hydrogen-bond acceptors (Lipinski definition) is 2. The summed E-state index contributed by atoms with van der Waals surface area (Å²) in [5, 5.41) is 13.4. The summed E-state index contributed by atoms with van der Waals surface area (Å²) < 4.78 is 0. The van der Waals surface area contributed by atoms with Gasteiger partial charge in [0.05, 0.1) is 12.1 Å². The Hall–Kier alpha value is -0.570. The number of carbonyl (C=O) groups excluding carboxylic acids is 1. The molecule has 0 aromatic rings. The minimum Gasteiger partial charge on any atom is -0.391 e. The van der Waals surface area contributed by atoms with Gasteiger partial charge in [-0.15, -0.1) is 0 Å². The second kappa shape index (κ2) is 28.0. The fourth-order valence-corrected chi connectivity index (χ4v) is 4.99. The average Bonchev–Trinajstić information content (AvgIpc) is 2.85. The molecule has 0 aromatic carbocycles.